The minimum atomic E-state index is -0.432. The third-order valence-electron chi connectivity index (χ3n) is 5.37. The molecule has 6 nitrogen and oxygen atoms in total. The van der Waals surface area contributed by atoms with E-state index in [9.17, 15) is 4.79 Å². The number of nitrogens with one attached hydrogen (secondary N) is 2. The number of carbonyl (C=O) groups excluding carboxylic acids is 1. The van der Waals surface area contributed by atoms with Crippen LogP contribution in [0.4, 0.5) is 4.79 Å². The normalized spacial score (nSPS) is 13.2. The third-order valence-corrected chi connectivity index (χ3v) is 5.69. The number of hydrogen-bond donors (Lipinski definition) is 2. The van der Waals surface area contributed by atoms with E-state index in [0.29, 0.717) is 28.8 Å². The first kappa shape index (κ1) is 20.4. The molecule has 2 N–H and O–H groups in total. The Morgan fingerprint density at radius 3 is 2.62 bits per heavy atom. The van der Waals surface area contributed by atoms with Gasteiger partial charge in [0.25, 0.3) is 0 Å². The number of rotatable bonds is 7. The molecule has 1 fully saturated rings. The highest BCUT2D eigenvalue weighted by atomic mass is 35.5. The smallest absolute Gasteiger partial charge is 0.412 e. The molecule has 0 atom stereocenters. The van der Waals surface area contributed by atoms with Crippen molar-refractivity contribution < 1.29 is 14.3 Å². The number of H-pyrrole nitrogens is 1. The van der Waals surface area contributed by atoms with Crippen molar-refractivity contribution in [3.63, 3.8) is 0 Å². The van der Waals surface area contributed by atoms with E-state index in [4.69, 9.17) is 21.1 Å². The number of imidazole rings is 1. The standard InChI is InChI=1S/C25H22ClN3O3/c26-20-3-1-2-4-23(20)31-18-9-7-17(8-10-18)24-28-21-12-11-19(15-22(21)29-24)32-25(30)27-14-13-16-5-6-16/h1-4,7-12,15-16H,5-6,13-14H2,(H,27,30)(H,28,29). The summed E-state index contributed by atoms with van der Waals surface area (Å²) in [6, 6.07) is 20.3. The van der Waals surface area contributed by atoms with Gasteiger partial charge in [-0.25, -0.2) is 9.78 Å². The van der Waals surface area contributed by atoms with Crippen LogP contribution in [0.1, 0.15) is 19.3 Å². The van der Waals surface area contributed by atoms with Crippen LogP contribution in [-0.4, -0.2) is 22.6 Å². The molecule has 1 saturated carbocycles. The zero-order valence-corrected chi connectivity index (χ0v) is 18.1. The van der Waals surface area contributed by atoms with E-state index in [1.807, 2.05) is 48.5 Å². The number of aromatic nitrogens is 2. The molecule has 0 bridgehead atoms. The Balaban J connectivity index is 1.26. The molecule has 1 aliphatic rings. The molecule has 0 aliphatic heterocycles. The molecule has 0 saturated heterocycles. The molecule has 162 valence electrons. The van der Waals surface area contributed by atoms with Crippen molar-refractivity contribution in [3.05, 3.63) is 71.8 Å². The SMILES string of the molecule is O=C(NCCC1CC1)Oc1ccc2nc(-c3ccc(Oc4ccccc4Cl)cc3)[nH]c2c1. The van der Waals surface area contributed by atoms with Crippen molar-refractivity contribution in [3.8, 4) is 28.6 Å². The van der Waals surface area contributed by atoms with E-state index < -0.39 is 6.09 Å². The third kappa shape index (κ3) is 4.86. The Bertz CT molecular complexity index is 1250. The molecule has 0 radical (unpaired) electrons. The van der Waals surface area contributed by atoms with Gasteiger partial charge in [-0.3, -0.25) is 0 Å². The van der Waals surface area contributed by atoms with Crippen LogP contribution in [0.5, 0.6) is 17.2 Å². The lowest BCUT2D eigenvalue weighted by molar-refractivity contribution is 0.200. The summed E-state index contributed by atoms with van der Waals surface area (Å²) in [4.78, 5) is 19.9. The molecule has 1 heterocycles. The topological polar surface area (TPSA) is 76.2 Å². The fourth-order valence-corrected chi connectivity index (χ4v) is 3.63. The summed E-state index contributed by atoms with van der Waals surface area (Å²) in [5, 5.41) is 3.36. The van der Waals surface area contributed by atoms with Crippen molar-refractivity contribution in [1.82, 2.24) is 15.3 Å². The number of carbonyl (C=O) groups is 1. The highest BCUT2D eigenvalue weighted by Crippen LogP contribution is 2.32. The average Bonchev–Trinajstić information content (AvgIpc) is 3.52. The maximum absolute atomic E-state index is 12.0. The maximum atomic E-state index is 12.0. The number of fused-ring (bicyclic) bond motifs is 1. The quantitative estimate of drug-likeness (QED) is 0.336. The fourth-order valence-electron chi connectivity index (χ4n) is 3.45. The number of aromatic amines is 1. The van der Waals surface area contributed by atoms with E-state index in [2.05, 4.69) is 15.3 Å². The van der Waals surface area contributed by atoms with Gasteiger partial charge in [-0.2, -0.15) is 0 Å². The van der Waals surface area contributed by atoms with Crippen molar-refractivity contribution in [2.24, 2.45) is 5.92 Å². The van der Waals surface area contributed by atoms with Crippen molar-refractivity contribution >= 4 is 28.7 Å². The first-order valence-corrected chi connectivity index (χ1v) is 11.0. The summed E-state index contributed by atoms with van der Waals surface area (Å²) < 4.78 is 11.2. The fraction of sp³-hybridized carbons (Fsp3) is 0.200. The van der Waals surface area contributed by atoms with Crippen LogP contribution in [0.25, 0.3) is 22.4 Å². The van der Waals surface area contributed by atoms with E-state index in [0.717, 1.165) is 34.8 Å². The monoisotopic (exact) mass is 447 g/mol. The zero-order chi connectivity index (χ0) is 21.9. The summed E-state index contributed by atoms with van der Waals surface area (Å²) in [5.41, 5.74) is 2.49. The molecule has 1 amide bonds. The Morgan fingerprint density at radius 2 is 1.84 bits per heavy atom. The molecule has 1 aliphatic carbocycles. The van der Waals surface area contributed by atoms with Crippen molar-refractivity contribution in [2.45, 2.75) is 19.3 Å². The number of nitrogens with zero attached hydrogens (tertiary/aromatic N) is 1. The van der Waals surface area contributed by atoms with Crippen LogP contribution < -0.4 is 14.8 Å². The van der Waals surface area contributed by atoms with E-state index in [1.165, 1.54) is 12.8 Å². The molecule has 0 unspecified atom stereocenters. The van der Waals surface area contributed by atoms with Gasteiger partial charge in [-0.15, -0.1) is 0 Å². The molecular weight excluding hydrogens is 426 g/mol. The minimum Gasteiger partial charge on any atom is -0.456 e. The van der Waals surface area contributed by atoms with Gasteiger partial charge >= 0.3 is 6.09 Å². The summed E-state index contributed by atoms with van der Waals surface area (Å²) in [5.74, 6) is 3.25. The van der Waals surface area contributed by atoms with Crippen LogP contribution in [0.15, 0.2) is 66.7 Å². The van der Waals surface area contributed by atoms with Crippen LogP contribution in [0.3, 0.4) is 0 Å². The molecule has 1 aromatic heterocycles. The van der Waals surface area contributed by atoms with Gasteiger partial charge in [0.15, 0.2) is 0 Å². The summed E-state index contributed by atoms with van der Waals surface area (Å²) in [7, 11) is 0. The van der Waals surface area contributed by atoms with Gasteiger partial charge in [0.05, 0.1) is 16.1 Å². The summed E-state index contributed by atoms with van der Waals surface area (Å²) in [6.07, 6.45) is 3.12. The summed E-state index contributed by atoms with van der Waals surface area (Å²) in [6.45, 7) is 0.649. The van der Waals surface area contributed by atoms with Gasteiger partial charge < -0.3 is 19.8 Å². The molecular formula is C25H22ClN3O3. The Kier molecular flexibility index (Phi) is 5.69. The lowest BCUT2D eigenvalue weighted by atomic mass is 10.2. The first-order chi connectivity index (χ1) is 15.6. The molecule has 32 heavy (non-hydrogen) atoms. The van der Waals surface area contributed by atoms with Gasteiger partial charge in [-0.05, 0) is 60.9 Å². The first-order valence-electron chi connectivity index (χ1n) is 10.6. The van der Waals surface area contributed by atoms with Gasteiger partial charge in [0, 0.05) is 18.2 Å². The van der Waals surface area contributed by atoms with Crippen molar-refractivity contribution in [2.75, 3.05) is 6.54 Å². The van der Waals surface area contributed by atoms with Crippen molar-refractivity contribution in [1.29, 1.82) is 0 Å². The predicted octanol–water partition coefficient (Wildman–Crippen LogP) is 6.56. The summed E-state index contributed by atoms with van der Waals surface area (Å²) >= 11 is 6.16. The number of hydrogen-bond acceptors (Lipinski definition) is 4. The molecule has 7 heteroatoms. The highest BCUT2D eigenvalue weighted by molar-refractivity contribution is 6.32. The highest BCUT2D eigenvalue weighted by Gasteiger charge is 2.20. The van der Waals surface area contributed by atoms with E-state index in [1.54, 1.807) is 18.2 Å². The lowest BCUT2D eigenvalue weighted by Gasteiger charge is -2.07. The Hall–Kier alpha value is -3.51. The van der Waals surface area contributed by atoms with Crippen LogP contribution in [0, 0.1) is 5.92 Å². The van der Waals surface area contributed by atoms with E-state index >= 15 is 0 Å². The Labute approximate surface area is 190 Å². The van der Waals surface area contributed by atoms with Crippen LogP contribution in [-0.2, 0) is 0 Å². The largest absolute Gasteiger partial charge is 0.456 e. The average molecular weight is 448 g/mol. The number of halogens is 1. The molecule has 5 rings (SSSR count). The van der Waals surface area contributed by atoms with Gasteiger partial charge in [-0.1, -0.05) is 36.6 Å². The zero-order valence-electron chi connectivity index (χ0n) is 17.3. The number of amides is 1. The minimum absolute atomic E-state index is 0.432. The molecule has 3 aromatic carbocycles. The maximum Gasteiger partial charge on any atom is 0.412 e. The predicted molar refractivity (Wildman–Crippen MR) is 124 cm³/mol. The molecule has 4 aromatic rings. The second kappa shape index (κ2) is 8.93. The Morgan fingerprint density at radius 1 is 1.06 bits per heavy atom. The van der Waals surface area contributed by atoms with Gasteiger partial charge in [0.1, 0.15) is 23.1 Å². The molecule has 0 spiro atoms. The number of ether oxygens (including phenoxy) is 2. The van der Waals surface area contributed by atoms with Crippen LogP contribution >= 0.6 is 11.6 Å². The second-order valence-electron chi connectivity index (χ2n) is 7.87. The lowest BCUT2D eigenvalue weighted by Crippen LogP contribution is -2.27. The van der Waals surface area contributed by atoms with Gasteiger partial charge in [0.2, 0.25) is 0 Å². The number of para-hydroxylation sites is 1. The number of benzene rings is 3. The second-order valence-corrected chi connectivity index (χ2v) is 8.28. The van der Waals surface area contributed by atoms with E-state index in [-0.39, 0.29) is 0 Å². The van der Waals surface area contributed by atoms with Crippen LogP contribution in [0.2, 0.25) is 5.02 Å².